The Hall–Kier alpha value is -5.90. The van der Waals surface area contributed by atoms with Gasteiger partial charge < -0.3 is 19.1 Å². The Balaban J connectivity index is 0.00000560. The van der Waals surface area contributed by atoms with E-state index in [1.807, 2.05) is 12.3 Å². The number of benzene rings is 6. The van der Waals surface area contributed by atoms with Gasteiger partial charge in [-0.25, -0.2) is 4.98 Å². The van der Waals surface area contributed by atoms with Crippen LogP contribution in [0.1, 0.15) is 103 Å². The SMILES string of the molecule is CC(C)(C)c1cc(Oc2[c-]c3c(cc2)c2cc(C(C)(C)c4ccccc4)ccc2n3-c2cc(C(C)(C)c3ccccc3)ccn2)[c-]c(N2C=CN(c3cccc(C(C)(C)C)c3)[CH-]2)c1.[Pt]. The fourth-order valence-corrected chi connectivity index (χ4v) is 8.64. The van der Waals surface area contributed by atoms with Gasteiger partial charge in [-0.3, -0.25) is 0 Å². The van der Waals surface area contributed by atoms with Crippen molar-refractivity contribution in [3.8, 4) is 17.3 Å². The molecule has 0 N–H and O–H groups in total. The Morgan fingerprint density at radius 3 is 1.78 bits per heavy atom. The summed E-state index contributed by atoms with van der Waals surface area (Å²) in [5.41, 5.74) is 10.8. The molecule has 6 heteroatoms. The molecule has 1 aliphatic heterocycles. The van der Waals surface area contributed by atoms with E-state index in [2.05, 4.69) is 248 Å². The first-order valence-electron chi connectivity index (χ1n) is 22.0. The van der Waals surface area contributed by atoms with Crippen LogP contribution in [0.4, 0.5) is 11.4 Å². The van der Waals surface area contributed by atoms with E-state index in [-0.39, 0.29) is 42.7 Å². The van der Waals surface area contributed by atoms with Crippen molar-refractivity contribution in [2.24, 2.45) is 0 Å². The van der Waals surface area contributed by atoms with Gasteiger partial charge in [0.1, 0.15) is 5.82 Å². The minimum Gasteiger partial charge on any atom is -0.509 e. The maximum Gasteiger partial charge on any atom is 0.135 e. The largest absolute Gasteiger partial charge is 0.509 e. The van der Waals surface area contributed by atoms with Crippen molar-refractivity contribution >= 4 is 33.2 Å². The minimum atomic E-state index is -0.246. The van der Waals surface area contributed by atoms with E-state index < -0.39 is 0 Å². The molecule has 0 saturated carbocycles. The molecule has 0 bridgehead atoms. The molecule has 1 aliphatic rings. The molecule has 0 spiro atoms. The van der Waals surface area contributed by atoms with Crippen LogP contribution in [-0.4, -0.2) is 9.55 Å². The van der Waals surface area contributed by atoms with Gasteiger partial charge in [-0.15, -0.1) is 53.6 Å². The molecule has 3 heterocycles. The molecule has 0 saturated heterocycles. The number of hydrogen-bond donors (Lipinski definition) is 0. The quantitative estimate of drug-likeness (QED) is 0.135. The van der Waals surface area contributed by atoms with E-state index in [9.17, 15) is 0 Å². The Morgan fingerprint density at radius 1 is 0.500 bits per heavy atom. The smallest absolute Gasteiger partial charge is 0.135 e. The van der Waals surface area contributed by atoms with E-state index >= 15 is 0 Å². The predicted molar refractivity (Wildman–Crippen MR) is 262 cm³/mol. The number of pyridine rings is 1. The summed E-state index contributed by atoms with van der Waals surface area (Å²) < 4.78 is 9.07. The molecule has 0 atom stereocenters. The molecule has 328 valence electrons. The molecule has 0 radical (unpaired) electrons. The molecule has 64 heavy (non-hydrogen) atoms. The molecule has 0 unspecified atom stereocenters. The van der Waals surface area contributed by atoms with Crippen molar-refractivity contribution in [3.05, 3.63) is 210 Å². The first-order valence-corrected chi connectivity index (χ1v) is 22.0. The standard InChI is InChI=1S/C58H57N4O.Pt/c1-55(2,3)42-22-17-23-46(32-42)60-30-31-61(39-60)47-33-45(56(4,5)6)34-49(37-47)63-48-25-26-50-51-35-43(57(7,8)40-18-13-11-14-19-40)24-27-52(51)62(53(50)38-48)54-36-44(28-29-59-54)58(9,10)41-20-15-12-16-21-41;/h11-36,39H,1-10H3;/q-3;. The van der Waals surface area contributed by atoms with Gasteiger partial charge in [-0.1, -0.05) is 160 Å². The number of nitrogens with zero attached hydrogens (tertiary/aromatic N) is 4. The molecule has 8 aromatic rings. The fraction of sp³-hybridized carbons (Fsp3) is 0.241. The van der Waals surface area contributed by atoms with E-state index in [1.165, 1.54) is 27.8 Å². The van der Waals surface area contributed by atoms with Crippen LogP contribution in [0.2, 0.25) is 0 Å². The van der Waals surface area contributed by atoms with Crippen LogP contribution in [0.15, 0.2) is 158 Å². The second kappa shape index (κ2) is 16.9. The van der Waals surface area contributed by atoms with Crippen molar-refractivity contribution < 1.29 is 25.8 Å². The first-order chi connectivity index (χ1) is 30.0. The third kappa shape index (κ3) is 8.55. The van der Waals surface area contributed by atoms with Crippen LogP contribution in [0, 0.1) is 18.8 Å². The van der Waals surface area contributed by atoms with Crippen molar-refractivity contribution in [2.75, 3.05) is 9.80 Å². The van der Waals surface area contributed by atoms with Gasteiger partial charge in [0.05, 0.1) is 0 Å². The minimum absolute atomic E-state index is 0. The van der Waals surface area contributed by atoms with Gasteiger partial charge in [0.25, 0.3) is 0 Å². The zero-order valence-electron chi connectivity index (χ0n) is 38.6. The van der Waals surface area contributed by atoms with Gasteiger partial charge >= 0.3 is 0 Å². The zero-order chi connectivity index (χ0) is 44.3. The van der Waals surface area contributed by atoms with Crippen molar-refractivity contribution in [1.82, 2.24) is 9.55 Å². The maximum atomic E-state index is 6.82. The third-order valence-electron chi connectivity index (χ3n) is 12.9. The number of aromatic nitrogens is 2. The Labute approximate surface area is 394 Å². The van der Waals surface area contributed by atoms with Crippen LogP contribution >= 0.6 is 0 Å². The summed E-state index contributed by atoms with van der Waals surface area (Å²) in [6, 6.07) is 57.3. The van der Waals surface area contributed by atoms with E-state index in [4.69, 9.17) is 9.72 Å². The van der Waals surface area contributed by atoms with Gasteiger partial charge in [-0.2, -0.15) is 6.07 Å². The van der Waals surface area contributed by atoms with Crippen LogP contribution in [-0.2, 0) is 42.7 Å². The number of anilines is 2. The van der Waals surface area contributed by atoms with Crippen molar-refractivity contribution in [1.29, 1.82) is 0 Å². The monoisotopic (exact) mass is 1020 g/mol. The Morgan fingerprint density at radius 2 is 1.12 bits per heavy atom. The molecular weight excluding hydrogens is 964 g/mol. The molecule has 6 aromatic carbocycles. The Kier molecular flexibility index (Phi) is 11.8. The zero-order valence-corrected chi connectivity index (χ0v) is 40.9. The summed E-state index contributed by atoms with van der Waals surface area (Å²) >= 11 is 0. The summed E-state index contributed by atoms with van der Waals surface area (Å²) in [6.45, 7) is 24.7. The summed E-state index contributed by atoms with van der Waals surface area (Å²) in [5, 5.41) is 2.22. The summed E-state index contributed by atoms with van der Waals surface area (Å²) in [5.74, 6) is 2.06. The molecular formula is C58H57N4OPt-3. The maximum absolute atomic E-state index is 6.82. The van der Waals surface area contributed by atoms with E-state index in [0.717, 1.165) is 44.6 Å². The average Bonchev–Trinajstić information content (AvgIpc) is 3.90. The molecule has 0 amide bonds. The van der Waals surface area contributed by atoms with Crippen molar-refractivity contribution in [3.63, 3.8) is 0 Å². The van der Waals surface area contributed by atoms with Gasteiger partial charge in [-0.05, 0) is 86.8 Å². The number of hydrogen-bond acceptors (Lipinski definition) is 4. The van der Waals surface area contributed by atoms with Crippen LogP contribution in [0.3, 0.4) is 0 Å². The fourth-order valence-electron chi connectivity index (χ4n) is 8.64. The van der Waals surface area contributed by atoms with Crippen LogP contribution in [0.25, 0.3) is 27.6 Å². The summed E-state index contributed by atoms with van der Waals surface area (Å²) in [4.78, 5) is 9.31. The molecule has 5 nitrogen and oxygen atoms in total. The van der Waals surface area contributed by atoms with Crippen LogP contribution in [0.5, 0.6) is 11.5 Å². The topological polar surface area (TPSA) is 33.5 Å². The van der Waals surface area contributed by atoms with Crippen molar-refractivity contribution in [2.45, 2.75) is 90.9 Å². The normalized spacial score (nSPS) is 13.5. The molecule has 0 fully saturated rings. The van der Waals surface area contributed by atoms with Gasteiger partial charge in [0, 0.05) is 60.8 Å². The average molecular weight is 1020 g/mol. The molecule has 2 aromatic heterocycles. The summed E-state index contributed by atoms with van der Waals surface area (Å²) in [6.07, 6.45) is 6.10. The number of fused-ring (bicyclic) bond motifs is 3. The predicted octanol–water partition coefficient (Wildman–Crippen LogP) is 14.7. The summed E-state index contributed by atoms with van der Waals surface area (Å²) in [7, 11) is 0. The number of rotatable bonds is 9. The Bertz CT molecular complexity index is 2990. The van der Waals surface area contributed by atoms with Gasteiger partial charge in [0.2, 0.25) is 0 Å². The second-order valence-electron chi connectivity index (χ2n) is 20.0. The van der Waals surface area contributed by atoms with Crippen LogP contribution < -0.4 is 14.5 Å². The molecule has 0 aliphatic carbocycles. The van der Waals surface area contributed by atoms with Gasteiger partial charge in [0.15, 0.2) is 0 Å². The molecule has 9 rings (SSSR count). The third-order valence-corrected chi connectivity index (χ3v) is 12.9. The first kappa shape index (κ1) is 44.7. The van der Waals surface area contributed by atoms with E-state index in [1.54, 1.807) is 0 Å². The van der Waals surface area contributed by atoms with E-state index in [0.29, 0.717) is 11.5 Å². The number of ether oxygens (including phenoxy) is 1. The second-order valence-corrected chi connectivity index (χ2v) is 20.0.